The summed E-state index contributed by atoms with van der Waals surface area (Å²) < 4.78 is 46.1. The molecule has 2 rings (SSSR count). The average Bonchev–Trinajstić information content (AvgIpc) is 2.62. The Kier molecular flexibility index (Phi) is 6.97. The standard InChI is InChI=1S/C20H23FN2O5S/c1-12(2)22-19(24)14(4)28-20(25)15-6-5-7-17(10-15)23-29(26,27)18-11-16(21)9-8-13(18)3/h5-12,14,23H,1-4H3,(H,22,24)/t14-/m0/s1. The molecule has 9 heteroatoms. The molecule has 2 aromatic rings. The van der Waals surface area contributed by atoms with Crippen molar-refractivity contribution in [2.24, 2.45) is 0 Å². The number of carbonyl (C=O) groups is 2. The van der Waals surface area contributed by atoms with Crippen LogP contribution in [0.2, 0.25) is 0 Å². The normalized spacial score (nSPS) is 12.3. The second-order valence-corrected chi connectivity index (χ2v) is 8.46. The van der Waals surface area contributed by atoms with Crippen molar-refractivity contribution in [2.75, 3.05) is 4.72 Å². The highest BCUT2D eigenvalue weighted by atomic mass is 32.2. The van der Waals surface area contributed by atoms with Crippen LogP contribution in [0.1, 0.15) is 36.7 Å². The number of aryl methyl sites for hydroxylation is 1. The van der Waals surface area contributed by atoms with Crippen molar-refractivity contribution in [2.45, 2.75) is 44.7 Å². The van der Waals surface area contributed by atoms with Crippen LogP contribution in [0.4, 0.5) is 10.1 Å². The third-order valence-corrected chi connectivity index (χ3v) is 5.40. The molecule has 0 saturated heterocycles. The highest BCUT2D eigenvalue weighted by Gasteiger charge is 2.21. The lowest BCUT2D eigenvalue weighted by atomic mass is 10.2. The molecule has 0 fully saturated rings. The number of esters is 1. The molecule has 1 amide bonds. The predicted molar refractivity (Wildman–Crippen MR) is 107 cm³/mol. The van der Waals surface area contributed by atoms with Crippen LogP contribution in [-0.4, -0.2) is 32.4 Å². The first-order valence-electron chi connectivity index (χ1n) is 8.90. The summed E-state index contributed by atoms with van der Waals surface area (Å²) in [4.78, 5) is 24.0. The molecule has 0 aliphatic heterocycles. The van der Waals surface area contributed by atoms with E-state index in [0.29, 0.717) is 5.56 Å². The Morgan fingerprint density at radius 1 is 1.07 bits per heavy atom. The van der Waals surface area contributed by atoms with Crippen LogP contribution in [0.3, 0.4) is 0 Å². The van der Waals surface area contributed by atoms with Crippen LogP contribution in [0, 0.1) is 12.7 Å². The number of hydrogen-bond donors (Lipinski definition) is 2. The van der Waals surface area contributed by atoms with Crippen molar-refractivity contribution in [1.29, 1.82) is 0 Å². The number of hydrogen-bond acceptors (Lipinski definition) is 5. The molecule has 0 heterocycles. The fraction of sp³-hybridized carbons (Fsp3) is 0.300. The first kappa shape index (κ1) is 22.4. The van der Waals surface area contributed by atoms with Gasteiger partial charge in [0.2, 0.25) is 0 Å². The first-order chi connectivity index (χ1) is 13.5. The molecule has 0 spiro atoms. The topological polar surface area (TPSA) is 102 Å². The van der Waals surface area contributed by atoms with Gasteiger partial charge in [0.05, 0.1) is 10.5 Å². The van der Waals surface area contributed by atoms with E-state index in [1.807, 2.05) is 0 Å². The molecule has 29 heavy (non-hydrogen) atoms. The molecule has 0 bridgehead atoms. The van der Waals surface area contributed by atoms with Crippen molar-refractivity contribution in [3.8, 4) is 0 Å². The van der Waals surface area contributed by atoms with E-state index >= 15 is 0 Å². The molecule has 2 N–H and O–H groups in total. The minimum Gasteiger partial charge on any atom is -0.449 e. The number of rotatable bonds is 7. The Bertz CT molecular complexity index is 1020. The monoisotopic (exact) mass is 422 g/mol. The van der Waals surface area contributed by atoms with Crippen LogP contribution in [0.5, 0.6) is 0 Å². The average molecular weight is 422 g/mol. The van der Waals surface area contributed by atoms with Crippen LogP contribution in [-0.2, 0) is 19.6 Å². The van der Waals surface area contributed by atoms with E-state index in [0.717, 1.165) is 6.07 Å². The zero-order chi connectivity index (χ0) is 21.8. The molecule has 0 aliphatic rings. The summed E-state index contributed by atoms with van der Waals surface area (Å²) in [6, 6.07) is 8.96. The summed E-state index contributed by atoms with van der Waals surface area (Å²) in [5, 5.41) is 2.63. The van der Waals surface area contributed by atoms with E-state index in [9.17, 15) is 22.4 Å². The van der Waals surface area contributed by atoms with Gasteiger partial charge in [0, 0.05) is 11.7 Å². The third-order valence-electron chi connectivity index (χ3n) is 3.87. The molecule has 0 aliphatic carbocycles. The molecular formula is C20H23FN2O5S. The van der Waals surface area contributed by atoms with Gasteiger partial charge in [-0.15, -0.1) is 0 Å². The lowest BCUT2D eigenvalue weighted by molar-refractivity contribution is -0.129. The SMILES string of the molecule is Cc1ccc(F)cc1S(=O)(=O)Nc1cccc(C(=O)O[C@@H](C)C(=O)NC(C)C)c1. The van der Waals surface area contributed by atoms with Crippen LogP contribution in [0.15, 0.2) is 47.4 Å². The lowest BCUT2D eigenvalue weighted by Gasteiger charge is -2.16. The van der Waals surface area contributed by atoms with Gasteiger partial charge in [0.1, 0.15) is 5.82 Å². The highest BCUT2D eigenvalue weighted by Crippen LogP contribution is 2.21. The maximum Gasteiger partial charge on any atom is 0.338 e. The van der Waals surface area contributed by atoms with Gasteiger partial charge in [-0.2, -0.15) is 0 Å². The summed E-state index contributed by atoms with van der Waals surface area (Å²) in [6.45, 7) is 6.55. The smallest absolute Gasteiger partial charge is 0.338 e. The number of ether oxygens (including phenoxy) is 1. The summed E-state index contributed by atoms with van der Waals surface area (Å²) in [7, 11) is -4.07. The Balaban J connectivity index is 2.18. The van der Waals surface area contributed by atoms with E-state index in [4.69, 9.17) is 4.74 Å². The number of anilines is 1. The van der Waals surface area contributed by atoms with Crippen molar-refractivity contribution < 1.29 is 27.1 Å². The van der Waals surface area contributed by atoms with Gasteiger partial charge in [-0.25, -0.2) is 17.6 Å². The molecule has 7 nitrogen and oxygen atoms in total. The molecule has 0 saturated carbocycles. The Morgan fingerprint density at radius 2 is 1.76 bits per heavy atom. The van der Waals surface area contributed by atoms with Gasteiger partial charge in [-0.05, 0) is 63.6 Å². The largest absolute Gasteiger partial charge is 0.449 e. The number of sulfonamides is 1. The van der Waals surface area contributed by atoms with E-state index in [1.165, 1.54) is 43.3 Å². The van der Waals surface area contributed by atoms with Crippen LogP contribution >= 0.6 is 0 Å². The van der Waals surface area contributed by atoms with Gasteiger partial charge in [-0.1, -0.05) is 12.1 Å². The summed E-state index contributed by atoms with van der Waals surface area (Å²) in [5.41, 5.74) is 0.534. The van der Waals surface area contributed by atoms with Crippen molar-refractivity contribution in [3.05, 3.63) is 59.4 Å². The fourth-order valence-corrected chi connectivity index (χ4v) is 3.77. The summed E-state index contributed by atoms with van der Waals surface area (Å²) >= 11 is 0. The summed E-state index contributed by atoms with van der Waals surface area (Å²) in [5.74, 6) is -1.90. The Hall–Kier alpha value is -2.94. The zero-order valence-corrected chi connectivity index (χ0v) is 17.3. The van der Waals surface area contributed by atoms with E-state index in [-0.39, 0.29) is 22.2 Å². The molecule has 2 aromatic carbocycles. The Labute approximate surface area is 169 Å². The van der Waals surface area contributed by atoms with Crippen molar-refractivity contribution in [1.82, 2.24) is 5.32 Å². The van der Waals surface area contributed by atoms with Crippen molar-refractivity contribution in [3.63, 3.8) is 0 Å². The van der Waals surface area contributed by atoms with Gasteiger partial charge in [0.15, 0.2) is 6.10 Å². The predicted octanol–water partition coefficient (Wildman–Crippen LogP) is 3.00. The number of halogens is 1. The lowest BCUT2D eigenvalue weighted by Crippen LogP contribution is -2.39. The van der Waals surface area contributed by atoms with Crippen LogP contribution < -0.4 is 10.0 Å². The van der Waals surface area contributed by atoms with E-state index in [2.05, 4.69) is 10.0 Å². The second-order valence-electron chi connectivity index (χ2n) is 6.81. The fourth-order valence-electron chi connectivity index (χ4n) is 2.47. The molecule has 0 unspecified atom stereocenters. The quantitative estimate of drug-likeness (QED) is 0.668. The maximum absolute atomic E-state index is 13.5. The second kappa shape index (κ2) is 9.04. The van der Waals surface area contributed by atoms with Crippen molar-refractivity contribution >= 4 is 27.6 Å². The van der Waals surface area contributed by atoms with Gasteiger partial charge in [0.25, 0.3) is 15.9 Å². The number of carbonyl (C=O) groups excluding carboxylic acids is 2. The molecule has 0 aromatic heterocycles. The molecule has 0 radical (unpaired) electrons. The minimum absolute atomic E-state index is 0.0605. The zero-order valence-electron chi connectivity index (χ0n) is 16.5. The molecular weight excluding hydrogens is 399 g/mol. The number of benzene rings is 2. The van der Waals surface area contributed by atoms with E-state index < -0.39 is 33.8 Å². The maximum atomic E-state index is 13.5. The number of amides is 1. The van der Waals surface area contributed by atoms with Gasteiger partial charge < -0.3 is 10.1 Å². The molecule has 1 atom stereocenters. The van der Waals surface area contributed by atoms with Crippen LogP contribution in [0.25, 0.3) is 0 Å². The Morgan fingerprint density at radius 3 is 2.41 bits per heavy atom. The van der Waals surface area contributed by atoms with Gasteiger partial charge in [-0.3, -0.25) is 9.52 Å². The third kappa shape index (κ3) is 6.02. The van der Waals surface area contributed by atoms with Gasteiger partial charge >= 0.3 is 5.97 Å². The minimum atomic E-state index is -4.07. The first-order valence-corrected chi connectivity index (χ1v) is 10.4. The summed E-state index contributed by atoms with van der Waals surface area (Å²) in [6.07, 6.45) is -1.01. The molecule has 156 valence electrons. The van der Waals surface area contributed by atoms with E-state index in [1.54, 1.807) is 20.8 Å². The number of nitrogens with one attached hydrogen (secondary N) is 2. The highest BCUT2D eigenvalue weighted by molar-refractivity contribution is 7.92.